The maximum atomic E-state index is 13.2. The fourth-order valence-corrected chi connectivity index (χ4v) is 3.03. The highest BCUT2D eigenvalue weighted by molar-refractivity contribution is 5.97. The van der Waals surface area contributed by atoms with Gasteiger partial charge in [-0.1, -0.05) is 37.3 Å². The zero-order chi connectivity index (χ0) is 22.3. The number of benzene rings is 2. The van der Waals surface area contributed by atoms with Crippen molar-refractivity contribution in [2.45, 2.75) is 39.4 Å². The number of rotatable bonds is 8. The first kappa shape index (κ1) is 23.4. The van der Waals surface area contributed by atoms with Crippen LogP contribution in [0.1, 0.15) is 31.4 Å². The molecule has 2 amide bonds. The van der Waals surface area contributed by atoms with E-state index in [2.05, 4.69) is 10.6 Å². The Labute approximate surface area is 174 Å². The number of nitrogens with zero attached hydrogens (tertiary/aromatic N) is 1. The number of aryl methyl sites for hydroxylation is 1. The van der Waals surface area contributed by atoms with Crippen LogP contribution in [0.3, 0.4) is 0 Å². The molecule has 0 aromatic heterocycles. The summed E-state index contributed by atoms with van der Waals surface area (Å²) in [5.41, 5.74) is 0.366. The van der Waals surface area contributed by atoms with Crippen molar-refractivity contribution in [2.75, 3.05) is 23.7 Å². The highest BCUT2D eigenvalue weighted by Crippen LogP contribution is 2.34. The van der Waals surface area contributed by atoms with E-state index >= 15 is 0 Å². The summed E-state index contributed by atoms with van der Waals surface area (Å²) in [6, 6.07) is 11.3. The van der Waals surface area contributed by atoms with Gasteiger partial charge in [0.05, 0.1) is 23.8 Å². The van der Waals surface area contributed by atoms with E-state index in [1.165, 1.54) is 18.2 Å². The third-order valence-corrected chi connectivity index (χ3v) is 4.69. The second-order valence-corrected chi connectivity index (χ2v) is 7.04. The maximum Gasteiger partial charge on any atom is 0.418 e. The lowest BCUT2D eigenvalue weighted by Gasteiger charge is -2.27. The number of halogens is 3. The van der Waals surface area contributed by atoms with Gasteiger partial charge in [0.25, 0.3) is 0 Å². The fourth-order valence-electron chi connectivity index (χ4n) is 3.03. The van der Waals surface area contributed by atoms with E-state index in [0.29, 0.717) is 18.7 Å². The Morgan fingerprint density at radius 3 is 2.20 bits per heavy atom. The topological polar surface area (TPSA) is 61.4 Å². The molecule has 1 atom stereocenters. The Hall–Kier alpha value is -2.87. The van der Waals surface area contributed by atoms with E-state index in [1.54, 1.807) is 24.0 Å². The molecule has 0 aliphatic rings. The average molecular weight is 421 g/mol. The van der Waals surface area contributed by atoms with Crippen LogP contribution < -0.4 is 10.6 Å². The zero-order valence-corrected chi connectivity index (χ0v) is 17.2. The number of nitrogens with one attached hydrogen (secondary N) is 2. The molecule has 30 heavy (non-hydrogen) atoms. The fraction of sp³-hybridized carbons (Fsp3) is 0.364. The van der Waals surface area contributed by atoms with E-state index in [-0.39, 0.29) is 18.1 Å². The van der Waals surface area contributed by atoms with Gasteiger partial charge in [0.2, 0.25) is 11.8 Å². The van der Waals surface area contributed by atoms with Gasteiger partial charge in [-0.25, -0.2) is 0 Å². The van der Waals surface area contributed by atoms with Crippen LogP contribution in [0.15, 0.2) is 48.5 Å². The van der Waals surface area contributed by atoms with Crippen LogP contribution in [0, 0.1) is 6.92 Å². The lowest BCUT2D eigenvalue weighted by atomic mass is 10.1. The summed E-state index contributed by atoms with van der Waals surface area (Å²) < 4.78 is 39.5. The van der Waals surface area contributed by atoms with Crippen LogP contribution in [0.5, 0.6) is 0 Å². The van der Waals surface area contributed by atoms with Crippen molar-refractivity contribution < 1.29 is 22.8 Å². The van der Waals surface area contributed by atoms with Gasteiger partial charge in [-0.3, -0.25) is 14.5 Å². The largest absolute Gasteiger partial charge is 0.418 e. The molecule has 2 aromatic rings. The van der Waals surface area contributed by atoms with Gasteiger partial charge in [0.1, 0.15) is 0 Å². The summed E-state index contributed by atoms with van der Waals surface area (Å²) in [6.45, 7) is 5.72. The summed E-state index contributed by atoms with van der Waals surface area (Å²) in [6.07, 6.45) is -3.90. The molecule has 2 aromatic carbocycles. The molecule has 2 rings (SSSR count). The molecule has 0 radical (unpaired) electrons. The third kappa shape index (κ3) is 6.32. The molecule has 0 saturated heterocycles. The molecule has 8 heteroatoms. The van der Waals surface area contributed by atoms with Gasteiger partial charge < -0.3 is 10.6 Å². The Bertz CT molecular complexity index is 884. The van der Waals surface area contributed by atoms with E-state index in [0.717, 1.165) is 11.6 Å². The van der Waals surface area contributed by atoms with Crippen LogP contribution in [-0.2, 0) is 15.8 Å². The molecule has 0 spiro atoms. The number of carbonyl (C=O) groups excluding carboxylic acids is 2. The second kappa shape index (κ2) is 10.2. The summed E-state index contributed by atoms with van der Waals surface area (Å²) in [7, 11) is 0. The van der Waals surface area contributed by atoms with Crippen molar-refractivity contribution in [3.63, 3.8) is 0 Å². The van der Waals surface area contributed by atoms with Crippen molar-refractivity contribution >= 4 is 23.2 Å². The Morgan fingerprint density at radius 1 is 1.00 bits per heavy atom. The van der Waals surface area contributed by atoms with Gasteiger partial charge in [0.15, 0.2) is 0 Å². The van der Waals surface area contributed by atoms with Gasteiger partial charge in [-0.2, -0.15) is 13.2 Å². The minimum Gasteiger partial charge on any atom is -0.325 e. The van der Waals surface area contributed by atoms with E-state index < -0.39 is 23.7 Å². The lowest BCUT2D eigenvalue weighted by Crippen LogP contribution is -2.46. The Balaban J connectivity index is 2.09. The Kier molecular flexibility index (Phi) is 8.00. The molecule has 5 nitrogen and oxygen atoms in total. The molecule has 162 valence electrons. The van der Waals surface area contributed by atoms with Crippen LogP contribution in [0.25, 0.3) is 0 Å². The third-order valence-electron chi connectivity index (χ3n) is 4.69. The number of para-hydroxylation sites is 2. The molecular weight excluding hydrogens is 395 g/mol. The van der Waals surface area contributed by atoms with Crippen LogP contribution in [0.4, 0.5) is 24.5 Å². The normalized spacial score (nSPS) is 12.5. The molecule has 0 fully saturated rings. The molecule has 0 aliphatic heterocycles. The van der Waals surface area contributed by atoms with Crippen LogP contribution >= 0.6 is 0 Å². The number of anilines is 2. The average Bonchev–Trinajstić information content (AvgIpc) is 2.68. The van der Waals surface area contributed by atoms with Crippen LogP contribution in [0.2, 0.25) is 0 Å². The van der Waals surface area contributed by atoms with Gasteiger partial charge in [0, 0.05) is 5.69 Å². The van der Waals surface area contributed by atoms with Gasteiger partial charge in [-0.15, -0.1) is 0 Å². The first-order valence-corrected chi connectivity index (χ1v) is 9.70. The minimum absolute atomic E-state index is 0.0579. The second-order valence-electron chi connectivity index (χ2n) is 7.04. The van der Waals surface area contributed by atoms with Crippen molar-refractivity contribution in [1.29, 1.82) is 0 Å². The molecule has 0 bridgehead atoms. The van der Waals surface area contributed by atoms with E-state index in [9.17, 15) is 22.8 Å². The SMILES string of the molecule is CCCN(CC(=O)Nc1ccccc1C)C(C)C(=O)Nc1ccccc1C(F)(F)F. The monoisotopic (exact) mass is 421 g/mol. The number of amides is 2. The molecule has 0 heterocycles. The van der Waals surface area contributed by atoms with Crippen LogP contribution in [-0.4, -0.2) is 35.8 Å². The molecule has 0 aliphatic carbocycles. The molecule has 1 unspecified atom stereocenters. The lowest BCUT2D eigenvalue weighted by molar-refractivity contribution is -0.137. The molecule has 2 N–H and O–H groups in total. The Morgan fingerprint density at radius 2 is 1.60 bits per heavy atom. The minimum atomic E-state index is -4.58. The number of carbonyl (C=O) groups is 2. The predicted molar refractivity (Wildman–Crippen MR) is 111 cm³/mol. The van der Waals surface area contributed by atoms with Gasteiger partial charge in [-0.05, 0) is 50.6 Å². The standard InChI is InChI=1S/C22H26F3N3O2/c1-4-13-28(14-20(29)26-18-11-7-5-9-15(18)2)16(3)21(30)27-19-12-8-6-10-17(19)22(23,24)25/h5-12,16H,4,13-14H2,1-3H3,(H,26,29)(H,27,30). The highest BCUT2D eigenvalue weighted by atomic mass is 19.4. The van der Waals surface area contributed by atoms with Crippen molar-refractivity contribution in [3.05, 3.63) is 59.7 Å². The molecule has 0 saturated carbocycles. The van der Waals surface area contributed by atoms with Gasteiger partial charge >= 0.3 is 6.18 Å². The van der Waals surface area contributed by atoms with E-state index in [4.69, 9.17) is 0 Å². The number of hydrogen-bond acceptors (Lipinski definition) is 3. The summed E-state index contributed by atoms with van der Waals surface area (Å²) in [5, 5.41) is 5.17. The summed E-state index contributed by atoms with van der Waals surface area (Å²) >= 11 is 0. The summed E-state index contributed by atoms with van der Waals surface area (Å²) in [5.74, 6) is -0.906. The predicted octanol–water partition coefficient (Wildman–Crippen LogP) is 4.69. The zero-order valence-electron chi connectivity index (χ0n) is 17.2. The first-order chi connectivity index (χ1) is 14.1. The highest BCUT2D eigenvalue weighted by Gasteiger charge is 2.34. The molecular formula is C22H26F3N3O2. The van der Waals surface area contributed by atoms with Crippen molar-refractivity contribution in [2.24, 2.45) is 0 Å². The van der Waals surface area contributed by atoms with Crippen molar-refractivity contribution in [1.82, 2.24) is 4.90 Å². The first-order valence-electron chi connectivity index (χ1n) is 9.70. The van der Waals surface area contributed by atoms with E-state index in [1.807, 2.05) is 26.0 Å². The smallest absolute Gasteiger partial charge is 0.325 e. The number of hydrogen-bond donors (Lipinski definition) is 2. The maximum absolute atomic E-state index is 13.2. The van der Waals surface area contributed by atoms with Crippen molar-refractivity contribution in [3.8, 4) is 0 Å². The quantitative estimate of drug-likeness (QED) is 0.650. The summed E-state index contributed by atoms with van der Waals surface area (Å²) in [4.78, 5) is 26.8. The number of alkyl halides is 3.